The Bertz CT molecular complexity index is 2440. The van der Waals surface area contributed by atoms with Gasteiger partial charge in [-0.15, -0.1) is 23.0 Å². The molecular weight excluding hydrogens is 1560 g/mol. The van der Waals surface area contributed by atoms with Crippen LogP contribution in [0.3, 0.4) is 0 Å². The third-order valence-corrected chi connectivity index (χ3v) is 8.34. The molecule has 0 fully saturated rings. The summed E-state index contributed by atoms with van der Waals surface area (Å²) in [6.45, 7) is 0. The maximum absolute atomic E-state index is 10.3. The molecule has 0 saturated carbocycles. The van der Waals surface area contributed by atoms with Gasteiger partial charge in [0.2, 0.25) is 0 Å². The molecule has 4 aliphatic carbocycles. The van der Waals surface area contributed by atoms with E-state index in [0.29, 0.717) is 0 Å². The van der Waals surface area contributed by atoms with Gasteiger partial charge in [-0.3, -0.25) is 38.4 Å². The summed E-state index contributed by atoms with van der Waals surface area (Å²) < 4.78 is 0. The molecule has 0 amide bonds. The Balaban J connectivity index is -0.0000000976. The first kappa shape index (κ1) is 103. The van der Waals surface area contributed by atoms with E-state index in [9.17, 15) is 58.8 Å². The molecular formula is C62H60Ag4O24-4. The van der Waals surface area contributed by atoms with Gasteiger partial charge in [-0.05, 0) is 194 Å². The van der Waals surface area contributed by atoms with Gasteiger partial charge in [-0.25, -0.2) is 0 Å². The van der Waals surface area contributed by atoms with Gasteiger partial charge < -0.3 is 83.2 Å². The fourth-order valence-electron chi connectivity index (χ4n) is 4.45. The number of benzene rings is 6. The number of aromatic hydroxyl groups is 8. The van der Waals surface area contributed by atoms with Crippen LogP contribution in [0.2, 0.25) is 0 Å². The second kappa shape index (κ2) is 60.3. The maximum Gasteiger partial charge on any atom is 1.00 e. The largest absolute Gasteiger partial charge is 1.00 e. The number of hydrogen-bond donors (Lipinski definition) is 8. The normalized spacial score (nSPS) is 11.0. The number of hydrogen-bond acceptors (Lipinski definition) is 24. The molecule has 0 spiro atoms. The van der Waals surface area contributed by atoms with Crippen LogP contribution in [-0.2, 0) is 128 Å². The van der Waals surface area contributed by atoms with Gasteiger partial charge in [0.05, 0.1) is 0 Å². The summed E-state index contributed by atoms with van der Waals surface area (Å²) >= 11 is 0. The summed E-state index contributed by atoms with van der Waals surface area (Å²) in [5.41, 5.74) is 0. The monoisotopic (exact) mass is 1620 g/mol. The molecule has 500 valence electrons. The van der Waals surface area contributed by atoms with Gasteiger partial charge in [-0.2, -0.15) is 0 Å². The van der Waals surface area contributed by atoms with Crippen LogP contribution in [0.15, 0.2) is 243 Å². The molecule has 0 saturated heterocycles. The molecule has 24 nitrogen and oxygen atoms in total. The minimum atomic E-state index is -0.121. The van der Waals surface area contributed by atoms with Crippen molar-refractivity contribution in [3.05, 3.63) is 243 Å². The molecule has 0 heterocycles. The molecule has 0 unspecified atom stereocenters. The van der Waals surface area contributed by atoms with E-state index in [1.54, 1.807) is 0 Å². The predicted molar refractivity (Wildman–Crippen MR) is 304 cm³/mol. The molecule has 10 rings (SSSR count). The molecule has 12 N–H and O–H groups in total. The molecule has 90 heavy (non-hydrogen) atoms. The number of phenols is 8. The summed E-state index contributed by atoms with van der Waals surface area (Å²) in [5.74, 6) is -0.0948. The summed E-state index contributed by atoms with van der Waals surface area (Å²) in [6.07, 6.45) is 20.0. The molecule has 6 aromatic rings. The van der Waals surface area contributed by atoms with E-state index in [1.807, 2.05) is 0 Å². The van der Waals surface area contributed by atoms with E-state index in [-0.39, 0.29) is 242 Å². The van der Waals surface area contributed by atoms with Crippen LogP contribution in [0, 0.1) is 0 Å². The molecule has 0 aromatic heterocycles. The molecule has 0 radical (unpaired) electrons. The number of phenolic OH excluding ortho intramolecular Hbond substituents is 8. The van der Waals surface area contributed by atoms with E-state index in [0.717, 1.165) is 0 Å². The molecule has 4 aliphatic rings. The average Bonchev–Trinajstić information content (AvgIpc) is 3.44. The second-order valence-electron chi connectivity index (χ2n) is 14.9. The minimum Gasteiger partial charge on any atom is -0.872 e. The van der Waals surface area contributed by atoms with Crippen LogP contribution in [0.25, 0.3) is 0 Å². The molecule has 0 aliphatic heterocycles. The number of carbonyl (C=O) groups excluding carboxylic acids is 8. The van der Waals surface area contributed by atoms with Gasteiger partial charge in [0.15, 0.2) is 46.3 Å². The summed E-state index contributed by atoms with van der Waals surface area (Å²) in [7, 11) is 0. The fraction of sp³-hybridized carbons (Fsp3) is 0.0323. The van der Waals surface area contributed by atoms with Crippen molar-refractivity contribution in [1.82, 2.24) is 0 Å². The quantitative estimate of drug-likeness (QED) is 0.0520. The van der Waals surface area contributed by atoms with E-state index >= 15 is 0 Å². The smallest absolute Gasteiger partial charge is 0.872 e. The third-order valence-electron chi connectivity index (χ3n) is 8.34. The van der Waals surface area contributed by atoms with E-state index in [1.165, 1.54) is 243 Å². The molecule has 6 aromatic carbocycles. The van der Waals surface area contributed by atoms with Crippen molar-refractivity contribution in [2.75, 3.05) is 0 Å². The third kappa shape index (κ3) is 58.0. The van der Waals surface area contributed by atoms with Crippen molar-refractivity contribution in [1.29, 1.82) is 0 Å². The zero-order chi connectivity index (χ0) is 59.8. The Hall–Kier alpha value is -9.00. The van der Waals surface area contributed by atoms with Crippen molar-refractivity contribution in [3.63, 3.8) is 0 Å². The Labute approximate surface area is 579 Å². The van der Waals surface area contributed by atoms with Crippen LogP contribution in [0.1, 0.15) is 14.9 Å². The van der Waals surface area contributed by atoms with Crippen LogP contribution >= 0.6 is 0 Å². The zero-order valence-electron chi connectivity index (χ0n) is 44.6. The Kier molecular flexibility index (Phi) is 68.9. The van der Waals surface area contributed by atoms with Crippen molar-refractivity contribution in [3.8, 4) is 69.0 Å². The van der Waals surface area contributed by atoms with Gasteiger partial charge in [0.25, 0.3) is 0 Å². The molecule has 28 heteroatoms. The van der Waals surface area contributed by atoms with Crippen LogP contribution < -0.4 is 20.4 Å². The van der Waals surface area contributed by atoms with Crippen LogP contribution in [-0.4, -0.2) is 109 Å². The van der Waals surface area contributed by atoms with Crippen molar-refractivity contribution >= 4 is 46.3 Å². The van der Waals surface area contributed by atoms with E-state index in [2.05, 4.69) is 0 Å². The van der Waals surface area contributed by atoms with Gasteiger partial charge >= 0.3 is 89.5 Å². The van der Waals surface area contributed by atoms with Gasteiger partial charge in [0, 0.05) is 0 Å². The zero-order valence-corrected chi connectivity index (χ0v) is 50.5. The Morgan fingerprint density at radius 1 is 0.178 bits per heavy atom. The predicted octanol–water partition coefficient (Wildman–Crippen LogP) is 5.62. The fourth-order valence-corrected chi connectivity index (χ4v) is 4.45. The van der Waals surface area contributed by atoms with E-state index in [4.69, 9.17) is 40.9 Å². The van der Waals surface area contributed by atoms with Crippen LogP contribution in [0.5, 0.6) is 69.0 Å². The first-order chi connectivity index (χ1) is 37.9. The Morgan fingerprint density at radius 2 is 0.244 bits per heavy atom. The number of rotatable bonds is 0. The summed E-state index contributed by atoms with van der Waals surface area (Å²) in [4.78, 5) is 82.3. The molecule has 0 bridgehead atoms. The Morgan fingerprint density at radius 3 is 0.311 bits per heavy atom. The van der Waals surface area contributed by atoms with Crippen molar-refractivity contribution < 1.29 is 211 Å². The number of allylic oxidation sites excluding steroid dienone is 16. The topological polar surface area (TPSA) is 511 Å². The van der Waals surface area contributed by atoms with Crippen molar-refractivity contribution in [2.24, 2.45) is 0 Å². The van der Waals surface area contributed by atoms with Crippen LogP contribution in [0.4, 0.5) is 0 Å². The second-order valence-corrected chi connectivity index (χ2v) is 14.9. The number of ketones is 8. The molecule has 0 atom stereocenters. The maximum atomic E-state index is 10.3. The number of carbonyl (C=O) groups is 8. The average molecular weight is 1620 g/mol. The van der Waals surface area contributed by atoms with Gasteiger partial charge in [0.1, 0.15) is 46.0 Å². The standard InChI is InChI=1S/6C6H6O2.4C6H4O2.2CH4.4Ag.4H2O/c10*7-5-1-2-6(8)4-3-5;;;;;;;;;;/h6*1-4,7-8H;4*1-4H;2*1H4;;;;;4*1H2/q;;;;;;;;;;;;4*+1;;;;/p-8. The summed E-state index contributed by atoms with van der Waals surface area (Å²) in [5, 5.41) is 110. The first-order valence-corrected chi connectivity index (χ1v) is 22.5. The van der Waals surface area contributed by atoms with Crippen molar-refractivity contribution in [2.45, 2.75) is 14.9 Å². The first-order valence-electron chi connectivity index (χ1n) is 22.5. The summed E-state index contributed by atoms with van der Waals surface area (Å²) in [6, 6.07) is 32.8. The van der Waals surface area contributed by atoms with Gasteiger partial charge in [-0.1, -0.05) is 63.4 Å². The van der Waals surface area contributed by atoms with E-state index < -0.39 is 0 Å². The SMILES string of the molecule is C.C.O=C1C=CC(=O)C=C1.O=C1C=CC(=O)C=C1.O=C1C=CC(=O)C=C1.O=C1C=CC(=O)C=C1.Oc1ccc(O)cc1.Oc1ccc(O)cc1.Oc1ccc(O)cc1.Oc1ccc(O)cc1.[Ag+].[Ag+].[Ag+].[Ag+].[O-]c1ccc([O-])cc1.[O-]c1ccc([O-])cc1.[OH-].[OH-].[OH-].[OH-]. The minimum absolute atomic E-state index is 0.